The number of hydrazone groups is 1. The van der Waals surface area contributed by atoms with Crippen molar-refractivity contribution in [2.45, 2.75) is 0 Å². The molecular formula is C18H18Br2N2O5. The van der Waals surface area contributed by atoms with E-state index in [1.54, 1.807) is 18.2 Å². The number of carbonyl (C=O) groups excluding carboxylic acids is 1. The molecule has 0 atom stereocenters. The predicted octanol–water partition coefficient (Wildman–Crippen LogP) is 3.77. The van der Waals surface area contributed by atoms with Crippen molar-refractivity contribution < 1.29 is 23.7 Å². The van der Waals surface area contributed by atoms with Gasteiger partial charge in [0.15, 0.2) is 18.1 Å². The van der Waals surface area contributed by atoms with Gasteiger partial charge >= 0.3 is 0 Å². The predicted molar refractivity (Wildman–Crippen MR) is 109 cm³/mol. The third-order valence-corrected chi connectivity index (χ3v) is 4.46. The number of hydrogen-bond acceptors (Lipinski definition) is 6. The molecule has 1 N–H and O–H groups in total. The molecular weight excluding hydrogens is 484 g/mol. The molecule has 0 aromatic heterocycles. The third kappa shape index (κ3) is 5.86. The fourth-order valence-electron chi connectivity index (χ4n) is 2.12. The first-order valence-corrected chi connectivity index (χ1v) is 9.26. The smallest absolute Gasteiger partial charge is 0.277 e. The van der Waals surface area contributed by atoms with Crippen molar-refractivity contribution in [2.24, 2.45) is 5.10 Å². The zero-order valence-electron chi connectivity index (χ0n) is 14.9. The zero-order valence-corrected chi connectivity index (χ0v) is 18.1. The van der Waals surface area contributed by atoms with Gasteiger partial charge in [-0.3, -0.25) is 4.79 Å². The lowest BCUT2D eigenvalue weighted by Gasteiger charge is -2.12. The first-order valence-electron chi connectivity index (χ1n) is 7.68. The highest BCUT2D eigenvalue weighted by atomic mass is 79.9. The van der Waals surface area contributed by atoms with Gasteiger partial charge in [-0.1, -0.05) is 15.9 Å². The van der Waals surface area contributed by atoms with Crippen LogP contribution >= 0.6 is 31.9 Å². The fourth-order valence-corrected chi connectivity index (χ4v) is 3.28. The van der Waals surface area contributed by atoms with Gasteiger partial charge in [0.05, 0.1) is 32.0 Å². The Morgan fingerprint density at radius 1 is 1.04 bits per heavy atom. The molecule has 2 rings (SSSR count). The lowest BCUT2D eigenvalue weighted by molar-refractivity contribution is -0.123. The topological polar surface area (TPSA) is 78.4 Å². The van der Waals surface area contributed by atoms with E-state index < -0.39 is 5.91 Å². The van der Waals surface area contributed by atoms with Crippen LogP contribution in [0.1, 0.15) is 5.56 Å². The van der Waals surface area contributed by atoms with Crippen molar-refractivity contribution in [3.8, 4) is 23.0 Å². The summed E-state index contributed by atoms with van der Waals surface area (Å²) in [5, 5.41) is 3.92. The first kappa shape index (κ1) is 21.0. The number of methoxy groups -OCH3 is 3. The second kappa shape index (κ2) is 10.2. The van der Waals surface area contributed by atoms with Gasteiger partial charge in [-0.15, -0.1) is 0 Å². The van der Waals surface area contributed by atoms with Crippen molar-refractivity contribution in [2.75, 3.05) is 27.9 Å². The van der Waals surface area contributed by atoms with Gasteiger partial charge in [0.2, 0.25) is 5.75 Å². The first-order chi connectivity index (χ1) is 13.0. The van der Waals surface area contributed by atoms with E-state index in [1.165, 1.54) is 27.5 Å². The Hall–Kier alpha value is -2.26. The number of ether oxygens (including phenoxy) is 4. The van der Waals surface area contributed by atoms with Gasteiger partial charge in [-0.2, -0.15) is 5.10 Å². The molecule has 0 spiro atoms. The standard InChI is InChI=1S/C18H18Br2N2O5/c1-24-15-6-11(7-16(25-2)18(15)26-3)9-21-22-17(23)10-27-14-5-4-12(19)8-13(14)20/h4-9H,10H2,1-3H3,(H,22,23)/b21-9+. The average molecular weight is 502 g/mol. The molecule has 9 heteroatoms. The molecule has 0 saturated heterocycles. The minimum atomic E-state index is -0.395. The molecule has 2 aromatic carbocycles. The van der Waals surface area contributed by atoms with Gasteiger partial charge in [0, 0.05) is 10.0 Å². The fraction of sp³-hybridized carbons (Fsp3) is 0.222. The Balaban J connectivity index is 1.97. The molecule has 0 aliphatic rings. The summed E-state index contributed by atoms with van der Waals surface area (Å²) >= 11 is 6.72. The second-order valence-corrected chi connectivity index (χ2v) is 6.89. The molecule has 0 fully saturated rings. The molecule has 1 amide bonds. The van der Waals surface area contributed by atoms with Crippen LogP contribution in [-0.4, -0.2) is 40.1 Å². The Bertz CT molecular complexity index is 817. The van der Waals surface area contributed by atoms with Crippen molar-refractivity contribution in [3.63, 3.8) is 0 Å². The van der Waals surface area contributed by atoms with Crippen LogP contribution in [0.15, 0.2) is 44.4 Å². The van der Waals surface area contributed by atoms with Crippen LogP contribution in [-0.2, 0) is 4.79 Å². The highest BCUT2D eigenvalue weighted by Gasteiger charge is 2.12. The van der Waals surface area contributed by atoms with Crippen molar-refractivity contribution in [1.29, 1.82) is 0 Å². The molecule has 0 aliphatic carbocycles. The van der Waals surface area contributed by atoms with Crippen LogP contribution in [0.3, 0.4) is 0 Å². The number of nitrogens with one attached hydrogen (secondary N) is 1. The Morgan fingerprint density at radius 2 is 1.70 bits per heavy atom. The van der Waals surface area contributed by atoms with Crippen molar-refractivity contribution >= 4 is 44.0 Å². The number of carbonyl (C=O) groups is 1. The Morgan fingerprint density at radius 3 is 2.26 bits per heavy atom. The highest BCUT2D eigenvalue weighted by Crippen LogP contribution is 2.37. The maximum atomic E-state index is 11.9. The average Bonchev–Trinajstić information content (AvgIpc) is 2.66. The van der Waals surface area contributed by atoms with Crippen LogP contribution < -0.4 is 24.4 Å². The molecule has 0 heterocycles. The van der Waals surface area contributed by atoms with Crippen molar-refractivity contribution in [3.05, 3.63) is 44.8 Å². The van der Waals surface area contributed by atoms with E-state index in [2.05, 4.69) is 42.4 Å². The maximum Gasteiger partial charge on any atom is 0.277 e. The Labute approximate surface area is 173 Å². The number of benzene rings is 2. The largest absolute Gasteiger partial charge is 0.493 e. The zero-order chi connectivity index (χ0) is 19.8. The maximum absolute atomic E-state index is 11.9. The number of nitrogens with zero attached hydrogens (tertiary/aromatic N) is 1. The van der Waals surface area contributed by atoms with E-state index in [1.807, 2.05) is 12.1 Å². The van der Waals surface area contributed by atoms with E-state index >= 15 is 0 Å². The Kier molecular flexibility index (Phi) is 7.93. The summed E-state index contributed by atoms with van der Waals surface area (Å²) in [6.45, 7) is -0.174. The lowest BCUT2D eigenvalue weighted by Crippen LogP contribution is -2.24. The van der Waals surface area contributed by atoms with Crippen LogP contribution in [0.5, 0.6) is 23.0 Å². The molecule has 0 aliphatic heterocycles. The molecule has 0 unspecified atom stereocenters. The molecule has 0 radical (unpaired) electrons. The van der Waals surface area contributed by atoms with E-state index in [4.69, 9.17) is 18.9 Å². The van der Waals surface area contributed by atoms with E-state index in [-0.39, 0.29) is 6.61 Å². The van der Waals surface area contributed by atoms with Crippen LogP contribution in [0.25, 0.3) is 0 Å². The summed E-state index contributed by atoms with van der Waals surface area (Å²) in [7, 11) is 4.58. The summed E-state index contributed by atoms with van der Waals surface area (Å²) in [6, 6.07) is 8.83. The van der Waals surface area contributed by atoms with E-state index in [9.17, 15) is 4.79 Å². The minimum absolute atomic E-state index is 0.174. The quantitative estimate of drug-likeness (QED) is 0.440. The number of rotatable bonds is 8. The molecule has 0 saturated carbocycles. The summed E-state index contributed by atoms with van der Waals surface area (Å²) < 4.78 is 22.9. The van der Waals surface area contributed by atoms with Crippen LogP contribution in [0, 0.1) is 0 Å². The summed E-state index contributed by atoms with van der Waals surface area (Å²) in [5.74, 6) is 1.63. The SMILES string of the molecule is COc1cc(/C=N/NC(=O)COc2ccc(Br)cc2Br)cc(OC)c1OC. The lowest BCUT2D eigenvalue weighted by atomic mass is 10.2. The normalized spacial score (nSPS) is 10.6. The monoisotopic (exact) mass is 500 g/mol. The van der Waals surface area contributed by atoms with Crippen LogP contribution in [0.2, 0.25) is 0 Å². The van der Waals surface area contributed by atoms with Gasteiger partial charge in [-0.05, 0) is 46.3 Å². The minimum Gasteiger partial charge on any atom is -0.493 e. The van der Waals surface area contributed by atoms with Gasteiger partial charge in [0.1, 0.15) is 5.75 Å². The second-order valence-electron chi connectivity index (χ2n) is 5.12. The van der Waals surface area contributed by atoms with Gasteiger partial charge < -0.3 is 18.9 Å². The highest BCUT2D eigenvalue weighted by molar-refractivity contribution is 9.11. The molecule has 7 nitrogen and oxygen atoms in total. The number of amides is 1. The van der Waals surface area contributed by atoms with Gasteiger partial charge in [0.25, 0.3) is 5.91 Å². The summed E-state index contributed by atoms with van der Waals surface area (Å²) in [4.78, 5) is 11.9. The number of halogens is 2. The van der Waals surface area contributed by atoms with Crippen LogP contribution in [0.4, 0.5) is 0 Å². The van der Waals surface area contributed by atoms with E-state index in [0.717, 1.165) is 8.95 Å². The van der Waals surface area contributed by atoms with E-state index in [0.29, 0.717) is 28.6 Å². The summed E-state index contributed by atoms with van der Waals surface area (Å²) in [6.07, 6.45) is 1.47. The summed E-state index contributed by atoms with van der Waals surface area (Å²) in [5.41, 5.74) is 3.07. The molecule has 27 heavy (non-hydrogen) atoms. The van der Waals surface area contributed by atoms with Gasteiger partial charge in [-0.25, -0.2) is 5.43 Å². The molecule has 0 bridgehead atoms. The molecule has 2 aromatic rings. The van der Waals surface area contributed by atoms with Crippen molar-refractivity contribution in [1.82, 2.24) is 5.43 Å². The third-order valence-electron chi connectivity index (χ3n) is 3.34. The number of hydrogen-bond donors (Lipinski definition) is 1. The molecule has 144 valence electrons.